The number of rotatable bonds is 4. The van der Waals surface area contributed by atoms with Crippen LogP contribution in [0.4, 0.5) is 28.0 Å². The van der Waals surface area contributed by atoms with Crippen molar-refractivity contribution in [1.82, 2.24) is 5.32 Å². The third-order valence-corrected chi connectivity index (χ3v) is 4.97. The molecule has 0 spiro atoms. The number of hydrogen-bond acceptors (Lipinski definition) is 4. The summed E-state index contributed by atoms with van der Waals surface area (Å²) in [6.07, 6.45) is -4.89. The van der Waals surface area contributed by atoms with Crippen LogP contribution in [0.15, 0.2) is 53.7 Å². The molecule has 6 nitrogen and oxygen atoms in total. The summed E-state index contributed by atoms with van der Waals surface area (Å²) in [6.45, 7) is 0. The minimum atomic E-state index is -4.97. The van der Waals surface area contributed by atoms with Crippen molar-refractivity contribution < 1.29 is 31.9 Å². The maximum Gasteiger partial charge on any atom is 0.419 e. The highest BCUT2D eigenvalue weighted by molar-refractivity contribution is 6.14. The normalized spacial score (nSPS) is 16.4. The molecule has 0 saturated heterocycles. The molecule has 0 radical (unpaired) electrons. The van der Waals surface area contributed by atoms with Gasteiger partial charge in [0.2, 0.25) is 0 Å². The summed E-state index contributed by atoms with van der Waals surface area (Å²) in [5, 5.41) is 11.6. The van der Waals surface area contributed by atoms with E-state index in [0.717, 1.165) is 18.1 Å². The van der Waals surface area contributed by atoms with Gasteiger partial charge in [-0.1, -0.05) is 12.1 Å². The predicted octanol–water partition coefficient (Wildman–Crippen LogP) is 3.47. The standard InChI is InChI=1S/C21H16BF4N3O3/c1-32-19(30)17-16(9-22)29(13-6-7-15(23)14(8-13)21(24,25)26)20(31)28-18(17)12-4-2-11(10-27)3-5-12/h2-8,18H,9,22H2,1H3,(H,28,31). The number of nitrogens with zero attached hydrogens (tertiary/aromatic N) is 2. The second-order valence-electron chi connectivity index (χ2n) is 6.82. The Bertz CT molecular complexity index is 1140. The summed E-state index contributed by atoms with van der Waals surface area (Å²) < 4.78 is 58.3. The van der Waals surface area contributed by atoms with E-state index in [1.165, 1.54) is 12.1 Å². The van der Waals surface area contributed by atoms with E-state index in [2.05, 4.69) is 5.32 Å². The Morgan fingerprint density at radius 3 is 2.44 bits per heavy atom. The number of alkyl halides is 3. The van der Waals surface area contributed by atoms with Crippen molar-refractivity contribution in [2.24, 2.45) is 0 Å². The number of methoxy groups -OCH3 is 1. The van der Waals surface area contributed by atoms with E-state index < -0.39 is 35.6 Å². The van der Waals surface area contributed by atoms with E-state index in [-0.39, 0.29) is 23.3 Å². The lowest BCUT2D eigenvalue weighted by molar-refractivity contribution is -0.140. The molecule has 0 aromatic heterocycles. The molecule has 32 heavy (non-hydrogen) atoms. The van der Waals surface area contributed by atoms with E-state index in [9.17, 15) is 27.2 Å². The molecular formula is C21H16BF4N3O3. The molecule has 1 atom stereocenters. The number of hydrogen-bond donors (Lipinski definition) is 1. The van der Waals surface area contributed by atoms with Crippen molar-refractivity contribution in [3.05, 3.63) is 76.2 Å². The number of benzene rings is 2. The van der Waals surface area contributed by atoms with Crippen LogP contribution in [0.2, 0.25) is 6.32 Å². The SMILES string of the molecule is BCC1=C(C(=O)OC)C(c2ccc(C#N)cc2)NC(=O)N1c1ccc(F)c(C(F)(F)F)c1. The summed E-state index contributed by atoms with van der Waals surface area (Å²) in [4.78, 5) is 26.5. The van der Waals surface area contributed by atoms with Crippen LogP contribution in [-0.2, 0) is 15.7 Å². The molecule has 164 valence electrons. The molecule has 1 aliphatic rings. The summed E-state index contributed by atoms with van der Waals surface area (Å²) >= 11 is 0. The third-order valence-electron chi connectivity index (χ3n) is 4.97. The molecule has 0 saturated carbocycles. The Hall–Kier alpha value is -3.81. The number of carbonyl (C=O) groups excluding carboxylic acids is 2. The van der Waals surface area contributed by atoms with Crippen LogP contribution in [0.25, 0.3) is 0 Å². The highest BCUT2D eigenvalue weighted by Gasteiger charge is 2.40. The molecule has 1 unspecified atom stereocenters. The van der Waals surface area contributed by atoms with Crippen molar-refractivity contribution in [3.63, 3.8) is 0 Å². The number of halogens is 4. The fourth-order valence-electron chi connectivity index (χ4n) is 3.51. The fourth-order valence-corrected chi connectivity index (χ4v) is 3.51. The topological polar surface area (TPSA) is 82.4 Å². The number of carbonyl (C=O) groups is 2. The first-order valence-electron chi connectivity index (χ1n) is 9.41. The number of nitriles is 1. The van der Waals surface area contributed by atoms with E-state index in [4.69, 9.17) is 10.00 Å². The predicted molar refractivity (Wildman–Crippen MR) is 109 cm³/mol. The summed E-state index contributed by atoms with van der Waals surface area (Å²) in [6, 6.07) is 8.46. The quantitative estimate of drug-likeness (QED) is 0.444. The molecule has 2 aromatic rings. The fraction of sp³-hybridized carbons (Fsp3) is 0.190. The van der Waals surface area contributed by atoms with E-state index in [1.807, 2.05) is 6.07 Å². The Labute approximate surface area is 181 Å². The largest absolute Gasteiger partial charge is 0.466 e. The number of urea groups is 1. The molecule has 3 rings (SSSR count). The van der Waals surface area contributed by atoms with Gasteiger partial charge in [-0.25, -0.2) is 14.0 Å². The lowest BCUT2D eigenvalue weighted by atomic mass is 9.88. The summed E-state index contributed by atoms with van der Waals surface area (Å²) in [7, 11) is 2.76. The van der Waals surface area contributed by atoms with Gasteiger partial charge in [-0.2, -0.15) is 18.4 Å². The molecule has 1 N–H and O–H groups in total. The second kappa shape index (κ2) is 8.74. The van der Waals surface area contributed by atoms with Crippen molar-refractivity contribution in [2.45, 2.75) is 18.5 Å². The first-order valence-corrected chi connectivity index (χ1v) is 9.41. The van der Waals surface area contributed by atoms with Gasteiger partial charge in [-0.3, -0.25) is 4.90 Å². The van der Waals surface area contributed by atoms with Crippen molar-refractivity contribution in [2.75, 3.05) is 12.0 Å². The maximum absolute atomic E-state index is 13.8. The number of allylic oxidation sites excluding steroid dienone is 1. The number of ether oxygens (including phenoxy) is 1. The van der Waals surface area contributed by atoms with Crippen LogP contribution in [0, 0.1) is 17.1 Å². The minimum absolute atomic E-state index is 0.0113. The Morgan fingerprint density at radius 2 is 1.91 bits per heavy atom. The van der Waals surface area contributed by atoms with Gasteiger partial charge in [-0.05, 0) is 42.2 Å². The molecule has 0 aliphatic carbocycles. The lowest BCUT2D eigenvalue weighted by Crippen LogP contribution is -2.48. The number of anilines is 1. The molecule has 1 heterocycles. The van der Waals surface area contributed by atoms with Crippen molar-refractivity contribution in [1.29, 1.82) is 5.26 Å². The molecule has 0 bridgehead atoms. The highest BCUT2D eigenvalue weighted by atomic mass is 19.4. The van der Waals surface area contributed by atoms with Crippen LogP contribution < -0.4 is 10.2 Å². The number of esters is 1. The molecule has 11 heteroatoms. The smallest absolute Gasteiger partial charge is 0.419 e. The number of amides is 2. The summed E-state index contributed by atoms with van der Waals surface area (Å²) in [5.74, 6) is -2.27. The van der Waals surface area contributed by atoms with E-state index >= 15 is 0 Å². The molecule has 1 aliphatic heterocycles. The van der Waals surface area contributed by atoms with Crippen LogP contribution in [-0.4, -0.2) is 27.0 Å². The Balaban J connectivity index is 2.20. The zero-order chi connectivity index (χ0) is 23.6. The third kappa shape index (κ3) is 4.16. The van der Waals surface area contributed by atoms with Gasteiger partial charge in [0.1, 0.15) is 13.7 Å². The Kier molecular flexibility index (Phi) is 6.25. The monoisotopic (exact) mass is 445 g/mol. The van der Waals surface area contributed by atoms with E-state index in [0.29, 0.717) is 23.3 Å². The van der Waals surface area contributed by atoms with Gasteiger partial charge in [0.05, 0.1) is 41.6 Å². The molecule has 0 fully saturated rings. The van der Waals surface area contributed by atoms with Crippen molar-refractivity contribution >= 4 is 25.5 Å². The average Bonchev–Trinajstić information content (AvgIpc) is 2.77. The van der Waals surface area contributed by atoms with Gasteiger partial charge < -0.3 is 10.1 Å². The first-order chi connectivity index (χ1) is 15.1. The summed E-state index contributed by atoms with van der Waals surface area (Å²) in [5.41, 5.74) is -0.840. The van der Waals surface area contributed by atoms with Crippen LogP contribution in [0.1, 0.15) is 22.7 Å². The van der Waals surface area contributed by atoms with Crippen molar-refractivity contribution in [3.8, 4) is 6.07 Å². The van der Waals surface area contributed by atoms with Gasteiger partial charge in [0.25, 0.3) is 0 Å². The molecular weight excluding hydrogens is 429 g/mol. The lowest BCUT2D eigenvalue weighted by Gasteiger charge is -2.36. The van der Waals surface area contributed by atoms with Gasteiger partial charge >= 0.3 is 18.2 Å². The number of nitrogens with one attached hydrogen (secondary N) is 1. The van der Waals surface area contributed by atoms with E-state index in [1.54, 1.807) is 20.0 Å². The molecule has 2 aromatic carbocycles. The maximum atomic E-state index is 13.8. The highest BCUT2D eigenvalue weighted by Crippen LogP contribution is 2.38. The zero-order valence-electron chi connectivity index (χ0n) is 17.0. The van der Waals surface area contributed by atoms with Crippen LogP contribution in [0.5, 0.6) is 0 Å². The van der Waals surface area contributed by atoms with Crippen LogP contribution in [0.3, 0.4) is 0 Å². The zero-order valence-corrected chi connectivity index (χ0v) is 17.0. The molecule has 2 amide bonds. The van der Waals surface area contributed by atoms with Gasteiger partial charge in [-0.15, -0.1) is 0 Å². The van der Waals surface area contributed by atoms with Gasteiger partial charge in [0.15, 0.2) is 0 Å². The second-order valence-corrected chi connectivity index (χ2v) is 6.82. The Morgan fingerprint density at radius 1 is 1.25 bits per heavy atom. The van der Waals surface area contributed by atoms with Gasteiger partial charge in [0, 0.05) is 5.70 Å². The first kappa shape index (κ1) is 22.9. The van der Waals surface area contributed by atoms with Crippen LogP contribution >= 0.6 is 0 Å². The average molecular weight is 445 g/mol. The minimum Gasteiger partial charge on any atom is -0.466 e.